The largest absolute Gasteiger partial charge is 0.401 e. The Labute approximate surface area is 104 Å². The van der Waals surface area contributed by atoms with Crippen LogP contribution in [-0.2, 0) is 13.1 Å². The van der Waals surface area contributed by atoms with E-state index in [-0.39, 0.29) is 6.54 Å². The van der Waals surface area contributed by atoms with Gasteiger partial charge in [0.1, 0.15) is 0 Å². The summed E-state index contributed by atoms with van der Waals surface area (Å²) in [7, 11) is 0. The monoisotopic (exact) mass is 265 g/mol. The quantitative estimate of drug-likeness (QED) is 0.799. The zero-order chi connectivity index (χ0) is 13.6. The summed E-state index contributed by atoms with van der Waals surface area (Å²) in [6, 6.07) is 0. The summed E-state index contributed by atoms with van der Waals surface area (Å²) in [4.78, 5) is 1.36. The highest BCUT2D eigenvalue weighted by Crippen LogP contribution is 2.16. The van der Waals surface area contributed by atoms with Gasteiger partial charge in [-0.15, -0.1) is 5.10 Å². The first-order valence-corrected chi connectivity index (χ1v) is 5.82. The van der Waals surface area contributed by atoms with E-state index >= 15 is 0 Å². The average Bonchev–Trinajstić information content (AvgIpc) is 2.72. The molecule has 0 bridgehead atoms. The minimum atomic E-state index is -4.17. The third-order valence-electron chi connectivity index (χ3n) is 2.38. The Hall–Kier alpha value is -1.15. The van der Waals surface area contributed by atoms with E-state index in [4.69, 9.17) is 5.73 Å². The summed E-state index contributed by atoms with van der Waals surface area (Å²) in [5.74, 6) is 0. The van der Waals surface area contributed by atoms with E-state index in [1.807, 2.05) is 6.92 Å². The van der Waals surface area contributed by atoms with Gasteiger partial charge in [-0.25, -0.2) is 0 Å². The molecule has 0 aliphatic carbocycles. The van der Waals surface area contributed by atoms with Crippen LogP contribution in [0.5, 0.6) is 0 Å². The van der Waals surface area contributed by atoms with Gasteiger partial charge in [0.15, 0.2) is 0 Å². The molecule has 0 fully saturated rings. The van der Waals surface area contributed by atoms with E-state index in [0.717, 1.165) is 0 Å². The molecule has 0 spiro atoms. The summed E-state index contributed by atoms with van der Waals surface area (Å²) in [5, 5.41) is 7.57. The number of nitrogens with two attached hydrogens (primary N) is 1. The van der Waals surface area contributed by atoms with Crippen LogP contribution in [0.4, 0.5) is 13.2 Å². The van der Waals surface area contributed by atoms with Gasteiger partial charge in [-0.3, -0.25) is 9.58 Å². The number of aromatic nitrogens is 3. The molecule has 1 aromatic heterocycles. The third kappa shape index (κ3) is 5.46. The van der Waals surface area contributed by atoms with Crippen molar-refractivity contribution in [2.24, 2.45) is 5.73 Å². The van der Waals surface area contributed by atoms with Crippen molar-refractivity contribution >= 4 is 0 Å². The molecular formula is C10H18F3N5. The predicted molar refractivity (Wildman–Crippen MR) is 60.7 cm³/mol. The Bertz CT molecular complexity index is 350. The van der Waals surface area contributed by atoms with E-state index in [9.17, 15) is 13.2 Å². The van der Waals surface area contributed by atoms with Gasteiger partial charge >= 0.3 is 6.18 Å². The summed E-state index contributed by atoms with van der Waals surface area (Å²) < 4.78 is 38.5. The van der Waals surface area contributed by atoms with Crippen LogP contribution in [0, 0.1) is 0 Å². The number of hydrogen-bond donors (Lipinski definition) is 1. The molecule has 0 aliphatic heterocycles. The smallest absolute Gasteiger partial charge is 0.325 e. The SMILES string of the molecule is CCCN(CCn1cc(CN)nn1)CC(F)(F)F. The third-order valence-corrected chi connectivity index (χ3v) is 2.38. The second-order valence-electron chi connectivity index (χ2n) is 4.07. The molecule has 1 rings (SSSR count). The molecule has 104 valence electrons. The van der Waals surface area contributed by atoms with Crippen LogP contribution in [-0.4, -0.2) is 45.7 Å². The van der Waals surface area contributed by atoms with Gasteiger partial charge in [-0.2, -0.15) is 13.2 Å². The summed E-state index contributed by atoms with van der Waals surface area (Å²) in [5.41, 5.74) is 6.01. The lowest BCUT2D eigenvalue weighted by Gasteiger charge is -2.22. The average molecular weight is 265 g/mol. The molecule has 0 saturated heterocycles. The number of nitrogens with zero attached hydrogens (tertiary/aromatic N) is 4. The molecule has 1 aromatic rings. The van der Waals surface area contributed by atoms with Crippen molar-refractivity contribution in [2.75, 3.05) is 19.6 Å². The lowest BCUT2D eigenvalue weighted by atomic mass is 10.4. The molecule has 0 saturated carbocycles. The fourth-order valence-electron chi connectivity index (χ4n) is 1.62. The first-order chi connectivity index (χ1) is 8.44. The lowest BCUT2D eigenvalue weighted by molar-refractivity contribution is -0.146. The minimum Gasteiger partial charge on any atom is -0.325 e. The van der Waals surface area contributed by atoms with Crippen molar-refractivity contribution in [1.82, 2.24) is 19.9 Å². The van der Waals surface area contributed by atoms with Crippen molar-refractivity contribution in [3.8, 4) is 0 Å². The van der Waals surface area contributed by atoms with Gasteiger partial charge in [0, 0.05) is 19.3 Å². The molecule has 0 atom stereocenters. The first kappa shape index (κ1) is 14.9. The summed E-state index contributed by atoms with van der Waals surface area (Å²) in [6.07, 6.45) is -1.83. The van der Waals surface area contributed by atoms with E-state index < -0.39 is 12.7 Å². The van der Waals surface area contributed by atoms with Crippen LogP contribution in [0.25, 0.3) is 0 Å². The molecule has 1 heterocycles. The minimum absolute atomic E-state index is 0.279. The van der Waals surface area contributed by atoms with Crippen molar-refractivity contribution in [3.05, 3.63) is 11.9 Å². The van der Waals surface area contributed by atoms with E-state index in [0.29, 0.717) is 31.7 Å². The Balaban J connectivity index is 2.46. The van der Waals surface area contributed by atoms with Crippen molar-refractivity contribution in [3.63, 3.8) is 0 Å². The van der Waals surface area contributed by atoms with Crippen LogP contribution >= 0.6 is 0 Å². The van der Waals surface area contributed by atoms with E-state index in [1.165, 1.54) is 9.58 Å². The lowest BCUT2D eigenvalue weighted by Crippen LogP contribution is -2.37. The van der Waals surface area contributed by atoms with Gasteiger partial charge in [0.2, 0.25) is 0 Å². The normalized spacial score (nSPS) is 12.3. The standard InChI is InChI=1S/C10H18F3N5/c1-2-3-17(8-10(11,12)13)4-5-18-7-9(6-14)15-16-18/h7H,2-6,8,14H2,1H3. The number of hydrogen-bond acceptors (Lipinski definition) is 4. The number of alkyl halides is 3. The highest BCUT2D eigenvalue weighted by Gasteiger charge is 2.30. The van der Waals surface area contributed by atoms with Crippen molar-refractivity contribution < 1.29 is 13.2 Å². The van der Waals surface area contributed by atoms with Gasteiger partial charge in [0.25, 0.3) is 0 Å². The maximum absolute atomic E-state index is 12.3. The maximum atomic E-state index is 12.3. The van der Waals surface area contributed by atoms with Crippen molar-refractivity contribution in [1.29, 1.82) is 0 Å². The van der Waals surface area contributed by atoms with Crippen LogP contribution in [0.2, 0.25) is 0 Å². The fourth-order valence-corrected chi connectivity index (χ4v) is 1.62. The van der Waals surface area contributed by atoms with Gasteiger partial charge < -0.3 is 5.73 Å². The molecule has 0 unspecified atom stereocenters. The number of halogens is 3. The van der Waals surface area contributed by atoms with Crippen LogP contribution in [0.1, 0.15) is 19.0 Å². The Kier molecular flexibility index (Phi) is 5.54. The molecular weight excluding hydrogens is 247 g/mol. The van der Waals surface area contributed by atoms with Gasteiger partial charge in [-0.05, 0) is 13.0 Å². The Morgan fingerprint density at radius 1 is 1.39 bits per heavy atom. The van der Waals surface area contributed by atoms with Crippen LogP contribution < -0.4 is 5.73 Å². The number of rotatable bonds is 7. The topological polar surface area (TPSA) is 60.0 Å². The van der Waals surface area contributed by atoms with Crippen LogP contribution in [0.3, 0.4) is 0 Å². The van der Waals surface area contributed by atoms with E-state index in [2.05, 4.69) is 10.3 Å². The summed E-state index contributed by atoms with van der Waals surface area (Å²) >= 11 is 0. The predicted octanol–water partition coefficient (Wildman–Crippen LogP) is 1.01. The van der Waals surface area contributed by atoms with Crippen LogP contribution in [0.15, 0.2) is 6.20 Å². The maximum Gasteiger partial charge on any atom is 0.401 e. The summed E-state index contributed by atoms with van der Waals surface area (Å²) in [6.45, 7) is 2.33. The molecule has 5 nitrogen and oxygen atoms in total. The van der Waals surface area contributed by atoms with Gasteiger partial charge in [0.05, 0.1) is 18.8 Å². The molecule has 0 radical (unpaired) electrons. The molecule has 0 aromatic carbocycles. The molecule has 8 heteroatoms. The van der Waals surface area contributed by atoms with E-state index in [1.54, 1.807) is 6.20 Å². The second-order valence-corrected chi connectivity index (χ2v) is 4.07. The van der Waals surface area contributed by atoms with Gasteiger partial charge in [-0.1, -0.05) is 12.1 Å². The first-order valence-electron chi connectivity index (χ1n) is 5.82. The Morgan fingerprint density at radius 3 is 2.61 bits per heavy atom. The molecule has 18 heavy (non-hydrogen) atoms. The molecule has 2 N–H and O–H groups in total. The highest BCUT2D eigenvalue weighted by molar-refractivity contribution is 4.90. The zero-order valence-corrected chi connectivity index (χ0v) is 10.3. The fraction of sp³-hybridized carbons (Fsp3) is 0.800. The second kappa shape index (κ2) is 6.69. The molecule has 0 amide bonds. The van der Waals surface area contributed by atoms with Crippen molar-refractivity contribution in [2.45, 2.75) is 32.6 Å². The zero-order valence-electron chi connectivity index (χ0n) is 10.3. The molecule has 0 aliphatic rings. The Morgan fingerprint density at radius 2 is 2.11 bits per heavy atom. The highest BCUT2D eigenvalue weighted by atomic mass is 19.4.